The number of benzene rings is 1. The van der Waals surface area contributed by atoms with E-state index in [1.165, 1.54) is 10.5 Å². The van der Waals surface area contributed by atoms with Crippen molar-refractivity contribution < 1.29 is 14.4 Å². The molecule has 0 spiro atoms. The van der Waals surface area contributed by atoms with Crippen LogP contribution in [-0.4, -0.2) is 60.4 Å². The Bertz CT molecular complexity index is 784. The maximum atomic E-state index is 13.0. The summed E-state index contributed by atoms with van der Waals surface area (Å²) in [6.07, 6.45) is 3.20. The summed E-state index contributed by atoms with van der Waals surface area (Å²) in [5.74, 6) is -1.26. The molecule has 2 N–H and O–H groups in total. The fraction of sp³-hybridized carbons (Fsp3) is 0.526. The number of primary amides is 1. The first-order chi connectivity index (χ1) is 12.3. The fourth-order valence-corrected chi connectivity index (χ4v) is 4.54. The van der Waals surface area contributed by atoms with Crippen LogP contribution in [-0.2, 0) is 15.0 Å². The number of nitrogens with two attached hydrogens (primary N) is 1. The lowest BCUT2D eigenvalue weighted by atomic mass is 9.94. The van der Waals surface area contributed by atoms with E-state index < -0.39 is 23.4 Å². The van der Waals surface area contributed by atoms with Gasteiger partial charge in [-0.25, -0.2) is 9.69 Å². The third kappa shape index (κ3) is 2.19. The largest absolute Gasteiger partial charge is 0.367 e. The number of likely N-dealkylation sites (N-methyl/N-ethyl adjacent to an activating group) is 1. The Morgan fingerprint density at radius 1 is 1.15 bits per heavy atom. The second-order valence-corrected chi connectivity index (χ2v) is 7.97. The lowest BCUT2D eigenvalue weighted by molar-refractivity contribution is -0.136. The van der Waals surface area contributed by atoms with Crippen LogP contribution in [0.4, 0.5) is 10.5 Å². The average Bonchev–Trinajstić information content (AvgIpc) is 3.15. The maximum absolute atomic E-state index is 13.0. The van der Waals surface area contributed by atoms with Crippen LogP contribution in [0.2, 0.25) is 0 Å². The Balaban J connectivity index is 1.64. The van der Waals surface area contributed by atoms with Crippen molar-refractivity contribution in [3.63, 3.8) is 0 Å². The van der Waals surface area contributed by atoms with Crippen molar-refractivity contribution >= 4 is 23.5 Å². The number of nitrogens with zero attached hydrogens (tertiary/aromatic N) is 3. The van der Waals surface area contributed by atoms with Gasteiger partial charge < -0.3 is 15.5 Å². The molecule has 0 radical (unpaired) electrons. The minimum absolute atomic E-state index is 0.176. The molecule has 1 aromatic rings. The molecule has 0 unspecified atom stereocenters. The third-order valence-electron chi connectivity index (χ3n) is 5.98. The molecule has 0 aromatic heterocycles. The number of imide groups is 1. The number of anilines is 1. The molecular weight excluding hydrogens is 332 g/mol. The molecule has 7 nitrogen and oxygen atoms in total. The lowest BCUT2D eigenvalue weighted by Crippen LogP contribution is -2.55. The second-order valence-electron chi connectivity index (χ2n) is 7.97. The number of urea groups is 1. The SMILES string of the molecule is CN(C)CC1(c2ccc(N3C(=O)N4CCC[C@]4(C(N)=O)C3=O)cc2)CC1. The number of hydrogen-bond acceptors (Lipinski definition) is 4. The van der Waals surface area contributed by atoms with Gasteiger partial charge >= 0.3 is 6.03 Å². The molecule has 1 aromatic carbocycles. The van der Waals surface area contributed by atoms with Crippen molar-refractivity contribution in [1.29, 1.82) is 0 Å². The van der Waals surface area contributed by atoms with E-state index >= 15 is 0 Å². The molecule has 2 heterocycles. The number of rotatable bonds is 5. The fourth-order valence-electron chi connectivity index (χ4n) is 4.54. The van der Waals surface area contributed by atoms with Gasteiger partial charge in [0.2, 0.25) is 5.54 Å². The maximum Gasteiger partial charge on any atom is 0.332 e. The average molecular weight is 356 g/mol. The Hall–Kier alpha value is -2.41. The predicted octanol–water partition coefficient (Wildman–Crippen LogP) is 1.07. The van der Waals surface area contributed by atoms with Gasteiger partial charge in [-0.2, -0.15) is 0 Å². The van der Waals surface area contributed by atoms with Crippen molar-refractivity contribution in [3.05, 3.63) is 29.8 Å². The molecule has 1 saturated carbocycles. The van der Waals surface area contributed by atoms with E-state index in [0.29, 0.717) is 25.1 Å². The quantitative estimate of drug-likeness (QED) is 0.631. The van der Waals surface area contributed by atoms with Gasteiger partial charge in [-0.15, -0.1) is 0 Å². The zero-order valence-electron chi connectivity index (χ0n) is 15.2. The molecule has 3 aliphatic rings. The summed E-state index contributed by atoms with van der Waals surface area (Å²) in [4.78, 5) is 42.4. The van der Waals surface area contributed by atoms with Crippen LogP contribution in [0.3, 0.4) is 0 Å². The zero-order chi connectivity index (χ0) is 18.7. The summed E-state index contributed by atoms with van der Waals surface area (Å²) in [7, 11) is 4.12. The summed E-state index contributed by atoms with van der Waals surface area (Å²) in [5, 5.41) is 0. The Morgan fingerprint density at radius 2 is 1.81 bits per heavy atom. The van der Waals surface area contributed by atoms with Gasteiger partial charge in [-0.05, 0) is 57.5 Å². The summed E-state index contributed by atoms with van der Waals surface area (Å²) in [6, 6.07) is 7.14. The van der Waals surface area contributed by atoms with Gasteiger partial charge in [-0.3, -0.25) is 9.59 Å². The van der Waals surface area contributed by atoms with Crippen molar-refractivity contribution in [2.45, 2.75) is 36.6 Å². The van der Waals surface area contributed by atoms with Crippen LogP contribution in [0.5, 0.6) is 0 Å². The highest BCUT2D eigenvalue weighted by Crippen LogP contribution is 2.49. The van der Waals surface area contributed by atoms with E-state index in [1.807, 2.05) is 12.1 Å². The van der Waals surface area contributed by atoms with Crippen molar-refractivity contribution in [1.82, 2.24) is 9.80 Å². The van der Waals surface area contributed by atoms with Crippen LogP contribution in [0.15, 0.2) is 24.3 Å². The third-order valence-corrected chi connectivity index (χ3v) is 5.98. The minimum Gasteiger partial charge on any atom is -0.367 e. The van der Waals surface area contributed by atoms with E-state index in [4.69, 9.17) is 5.73 Å². The van der Waals surface area contributed by atoms with Crippen LogP contribution < -0.4 is 10.6 Å². The summed E-state index contributed by atoms with van der Waals surface area (Å²) in [6.45, 7) is 1.36. The van der Waals surface area contributed by atoms with Gasteiger partial charge in [0.15, 0.2) is 0 Å². The standard InChI is InChI=1S/C19H24N4O3/c1-21(2)12-18(9-10-18)13-4-6-14(7-5-13)23-16(25)19(15(20)24)8-3-11-22(19)17(23)26/h4-7H,3,8-12H2,1-2H3,(H2,20,24)/t19-/m0/s1. The first-order valence-electron chi connectivity index (χ1n) is 9.03. The first-order valence-corrected chi connectivity index (χ1v) is 9.03. The molecule has 0 bridgehead atoms. The first kappa shape index (κ1) is 17.0. The Labute approximate surface area is 152 Å². The van der Waals surface area contributed by atoms with E-state index in [9.17, 15) is 14.4 Å². The molecule has 138 valence electrons. The number of carbonyl (C=O) groups is 3. The van der Waals surface area contributed by atoms with Crippen LogP contribution in [0, 0.1) is 0 Å². The number of hydrogen-bond donors (Lipinski definition) is 1. The number of amides is 4. The topological polar surface area (TPSA) is 86.9 Å². The van der Waals surface area contributed by atoms with Crippen LogP contribution in [0.25, 0.3) is 0 Å². The molecular formula is C19H24N4O3. The predicted molar refractivity (Wildman–Crippen MR) is 96.7 cm³/mol. The van der Waals surface area contributed by atoms with Gasteiger partial charge in [0.25, 0.3) is 11.8 Å². The van der Waals surface area contributed by atoms with E-state index in [1.54, 1.807) is 12.1 Å². The minimum atomic E-state index is -1.50. The summed E-state index contributed by atoms with van der Waals surface area (Å²) < 4.78 is 0. The molecule has 2 aliphatic heterocycles. The molecule has 3 fully saturated rings. The Kier molecular flexibility index (Phi) is 3.63. The van der Waals surface area contributed by atoms with Crippen LogP contribution >= 0.6 is 0 Å². The van der Waals surface area contributed by atoms with Gasteiger partial charge in [0, 0.05) is 18.5 Å². The highest BCUT2D eigenvalue weighted by Gasteiger charge is 2.63. The smallest absolute Gasteiger partial charge is 0.332 e. The van der Waals surface area contributed by atoms with E-state index in [2.05, 4.69) is 19.0 Å². The van der Waals surface area contributed by atoms with Gasteiger partial charge in [-0.1, -0.05) is 12.1 Å². The molecule has 2 saturated heterocycles. The van der Waals surface area contributed by atoms with Crippen molar-refractivity contribution in [2.24, 2.45) is 5.73 Å². The normalized spacial score (nSPS) is 26.6. The molecule has 26 heavy (non-hydrogen) atoms. The molecule has 4 amide bonds. The highest BCUT2D eigenvalue weighted by molar-refractivity contribution is 6.31. The van der Waals surface area contributed by atoms with Gasteiger partial charge in [0.1, 0.15) is 0 Å². The lowest BCUT2D eigenvalue weighted by Gasteiger charge is -2.23. The second kappa shape index (κ2) is 5.54. The highest BCUT2D eigenvalue weighted by atomic mass is 16.2. The molecule has 1 atom stereocenters. The van der Waals surface area contributed by atoms with Crippen molar-refractivity contribution in [3.8, 4) is 0 Å². The molecule has 1 aliphatic carbocycles. The molecule has 7 heteroatoms. The summed E-state index contributed by atoms with van der Waals surface area (Å²) >= 11 is 0. The number of carbonyl (C=O) groups excluding carboxylic acids is 3. The van der Waals surface area contributed by atoms with Crippen molar-refractivity contribution in [2.75, 3.05) is 32.1 Å². The Morgan fingerprint density at radius 3 is 2.31 bits per heavy atom. The van der Waals surface area contributed by atoms with E-state index in [-0.39, 0.29) is 5.41 Å². The monoisotopic (exact) mass is 356 g/mol. The van der Waals surface area contributed by atoms with E-state index in [0.717, 1.165) is 24.3 Å². The number of fused-ring (bicyclic) bond motifs is 1. The zero-order valence-corrected chi connectivity index (χ0v) is 15.2. The van der Waals surface area contributed by atoms with Crippen LogP contribution in [0.1, 0.15) is 31.2 Å². The summed E-state index contributed by atoms with van der Waals surface area (Å²) in [5.41, 5.74) is 5.91. The van der Waals surface area contributed by atoms with Gasteiger partial charge in [0.05, 0.1) is 5.69 Å². The molecule has 4 rings (SSSR count).